The first-order valence-corrected chi connectivity index (χ1v) is 6.41. The third-order valence-corrected chi connectivity index (χ3v) is 3.15. The van der Waals surface area contributed by atoms with Crippen molar-refractivity contribution in [2.75, 3.05) is 13.2 Å². The molecule has 0 amide bonds. The highest BCUT2D eigenvalue weighted by Crippen LogP contribution is 2.30. The fraction of sp³-hybridized carbons (Fsp3) is 0.538. The van der Waals surface area contributed by atoms with Crippen molar-refractivity contribution in [2.45, 2.75) is 31.8 Å². The molecular weight excluding hydrogens is 238 g/mol. The maximum Gasteiger partial charge on any atom is 0.137 e. The summed E-state index contributed by atoms with van der Waals surface area (Å²) >= 11 is 6.13. The molecule has 94 valence electrons. The third-order valence-electron chi connectivity index (χ3n) is 2.85. The number of hydrogen-bond donors (Lipinski definition) is 2. The van der Waals surface area contributed by atoms with E-state index in [0.29, 0.717) is 23.4 Å². The van der Waals surface area contributed by atoms with Crippen molar-refractivity contribution in [3.05, 3.63) is 28.8 Å². The van der Waals surface area contributed by atoms with E-state index in [4.69, 9.17) is 16.3 Å². The predicted molar refractivity (Wildman–Crippen MR) is 68.6 cm³/mol. The zero-order chi connectivity index (χ0) is 12.3. The molecule has 0 heterocycles. The molecule has 17 heavy (non-hydrogen) atoms. The maximum absolute atomic E-state index is 9.38. The second-order valence-electron chi connectivity index (χ2n) is 4.30. The van der Waals surface area contributed by atoms with Gasteiger partial charge in [-0.2, -0.15) is 0 Å². The zero-order valence-corrected chi connectivity index (χ0v) is 10.7. The number of hydrogen-bond acceptors (Lipinski definition) is 3. The van der Waals surface area contributed by atoms with Gasteiger partial charge >= 0.3 is 0 Å². The van der Waals surface area contributed by atoms with Crippen LogP contribution in [0.2, 0.25) is 5.02 Å². The van der Waals surface area contributed by atoms with E-state index in [1.165, 1.54) is 12.8 Å². The van der Waals surface area contributed by atoms with Gasteiger partial charge in [0.1, 0.15) is 5.75 Å². The predicted octanol–water partition coefficient (Wildman–Crippen LogP) is 2.52. The van der Waals surface area contributed by atoms with E-state index in [0.717, 1.165) is 5.56 Å². The molecule has 1 unspecified atom stereocenters. The van der Waals surface area contributed by atoms with Gasteiger partial charge in [0.2, 0.25) is 0 Å². The molecule has 1 aliphatic rings. The maximum atomic E-state index is 9.38. The lowest BCUT2D eigenvalue weighted by molar-refractivity contribution is 0.243. The Morgan fingerprint density at radius 3 is 2.82 bits per heavy atom. The van der Waals surface area contributed by atoms with Gasteiger partial charge in [0.25, 0.3) is 0 Å². The van der Waals surface area contributed by atoms with Crippen molar-refractivity contribution in [2.24, 2.45) is 0 Å². The summed E-state index contributed by atoms with van der Waals surface area (Å²) in [6, 6.07) is 6.20. The molecule has 2 rings (SSSR count). The Balaban J connectivity index is 2.10. The van der Waals surface area contributed by atoms with E-state index in [1.54, 1.807) is 0 Å². The molecule has 4 heteroatoms. The molecule has 1 saturated carbocycles. The van der Waals surface area contributed by atoms with Crippen LogP contribution < -0.4 is 10.1 Å². The van der Waals surface area contributed by atoms with Crippen LogP contribution >= 0.6 is 11.6 Å². The Morgan fingerprint density at radius 2 is 2.29 bits per heavy atom. The number of aliphatic hydroxyl groups is 1. The van der Waals surface area contributed by atoms with E-state index < -0.39 is 0 Å². The van der Waals surface area contributed by atoms with Crippen molar-refractivity contribution in [3.63, 3.8) is 0 Å². The Kier molecular flexibility index (Phi) is 4.26. The van der Waals surface area contributed by atoms with Gasteiger partial charge in [0.15, 0.2) is 0 Å². The van der Waals surface area contributed by atoms with E-state index in [2.05, 4.69) is 5.32 Å². The number of nitrogens with one attached hydrogen (secondary N) is 1. The number of ether oxygens (including phenoxy) is 1. The molecule has 0 spiro atoms. The number of aliphatic hydroxyl groups excluding tert-OH is 1. The van der Waals surface area contributed by atoms with Crippen LogP contribution in [0.5, 0.6) is 5.75 Å². The first-order valence-electron chi connectivity index (χ1n) is 6.03. The van der Waals surface area contributed by atoms with Crippen molar-refractivity contribution in [3.8, 4) is 5.75 Å². The Hall–Kier alpha value is -0.770. The van der Waals surface area contributed by atoms with Crippen molar-refractivity contribution in [1.82, 2.24) is 5.32 Å². The third kappa shape index (κ3) is 3.35. The summed E-state index contributed by atoms with van der Waals surface area (Å²) in [5.41, 5.74) is 1.01. The number of rotatable bonds is 6. The van der Waals surface area contributed by atoms with Crippen molar-refractivity contribution >= 4 is 11.6 Å². The Bertz CT molecular complexity index is 380. The van der Waals surface area contributed by atoms with Gasteiger partial charge in [-0.05, 0) is 37.5 Å². The van der Waals surface area contributed by atoms with Crippen LogP contribution in [0.1, 0.15) is 31.4 Å². The number of benzene rings is 1. The molecule has 2 N–H and O–H groups in total. The smallest absolute Gasteiger partial charge is 0.137 e. The molecular formula is C13H18ClNO2. The standard InChI is InChI=1S/C13H18ClNO2/c1-2-17-13-6-3-9(7-11(13)14)12(8-16)15-10-4-5-10/h3,6-7,10,12,15-16H,2,4-5,8H2,1H3. The van der Waals surface area contributed by atoms with Crippen LogP contribution in [0.25, 0.3) is 0 Å². The zero-order valence-electron chi connectivity index (χ0n) is 9.95. The van der Waals surface area contributed by atoms with Crippen LogP contribution in [-0.2, 0) is 0 Å². The molecule has 1 aromatic rings. The molecule has 0 aliphatic heterocycles. The largest absolute Gasteiger partial charge is 0.492 e. The summed E-state index contributed by atoms with van der Waals surface area (Å²) in [4.78, 5) is 0. The monoisotopic (exact) mass is 255 g/mol. The second kappa shape index (κ2) is 5.71. The lowest BCUT2D eigenvalue weighted by Crippen LogP contribution is -2.26. The molecule has 1 fully saturated rings. The minimum atomic E-state index is -0.0318. The van der Waals surface area contributed by atoms with Crippen LogP contribution in [0.4, 0.5) is 0 Å². The average Bonchev–Trinajstić information content (AvgIpc) is 3.13. The first-order chi connectivity index (χ1) is 8.24. The minimum absolute atomic E-state index is 0.0318. The van der Waals surface area contributed by atoms with E-state index in [1.807, 2.05) is 25.1 Å². The van der Waals surface area contributed by atoms with Gasteiger partial charge in [-0.3, -0.25) is 0 Å². The summed E-state index contributed by atoms with van der Waals surface area (Å²) < 4.78 is 5.38. The van der Waals surface area contributed by atoms with Crippen LogP contribution in [0.15, 0.2) is 18.2 Å². The minimum Gasteiger partial charge on any atom is -0.492 e. The van der Waals surface area contributed by atoms with Crippen molar-refractivity contribution < 1.29 is 9.84 Å². The fourth-order valence-electron chi connectivity index (χ4n) is 1.80. The highest BCUT2D eigenvalue weighted by molar-refractivity contribution is 6.32. The summed E-state index contributed by atoms with van der Waals surface area (Å²) in [6.07, 6.45) is 2.39. The molecule has 0 saturated heterocycles. The van der Waals surface area contributed by atoms with Gasteiger partial charge in [-0.15, -0.1) is 0 Å². The average molecular weight is 256 g/mol. The molecule has 0 aromatic heterocycles. The lowest BCUT2D eigenvalue weighted by atomic mass is 10.1. The Morgan fingerprint density at radius 1 is 1.53 bits per heavy atom. The second-order valence-corrected chi connectivity index (χ2v) is 4.71. The highest BCUT2D eigenvalue weighted by atomic mass is 35.5. The molecule has 3 nitrogen and oxygen atoms in total. The van der Waals surface area contributed by atoms with Gasteiger partial charge in [-0.25, -0.2) is 0 Å². The summed E-state index contributed by atoms with van der Waals surface area (Å²) in [5, 5.41) is 13.4. The van der Waals surface area contributed by atoms with Gasteiger partial charge in [-0.1, -0.05) is 17.7 Å². The molecule has 0 radical (unpaired) electrons. The molecule has 1 atom stereocenters. The molecule has 1 aliphatic carbocycles. The quantitative estimate of drug-likeness (QED) is 0.821. The topological polar surface area (TPSA) is 41.5 Å². The lowest BCUT2D eigenvalue weighted by Gasteiger charge is -2.17. The summed E-state index contributed by atoms with van der Waals surface area (Å²) in [5.74, 6) is 0.695. The molecule has 0 bridgehead atoms. The Labute approximate surface area is 107 Å². The van der Waals surface area contributed by atoms with Crippen LogP contribution in [0, 0.1) is 0 Å². The van der Waals surface area contributed by atoms with Gasteiger partial charge < -0.3 is 15.2 Å². The van der Waals surface area contributed by atoms with Gasteiger partial charge in [0, 0.05) is 6.04 Å². The van der Waals surface area contributed by atoms with Gasteiger partial charge in [0.05, 0.1) is 24.3 Å². The normalized spacial score (nSPS) is 16.9. The van der Waals surface area contributed by atoms with E-state index in [9.17, 15) is 5.11 Å². The van der Waals surface area contributed by atoms with Crippen LogP contribution in [-0.4, -0.2) is 24.4 Å². The summed E-state index contributed by atoms with van der Waals surface area (Å²) in [6.45, 7) is 2.61. The van der Waals surface area contributed by atoms with E-state index >= 15 is 0 Å². The fourth-order valence-corrected chi connectivity index (χ4v) is 2.04. The highest BCUT2D eigenvalue weighted by Gasteiger charge is 2.25. The molecule has 1 aromatic carbocycles. The van der Waals surface area contributed by atoms with Crippen LogP contribution in [0.3, 0.4) is 0 Å². The van der Waals surface area contributed by atoms with E-state index in [-0.39, 0.29) is 12.6 Å². The summed E-state index contributed by atoms with van der Waals surface area (Å²) in [7, 11) is 0. The SMILES string of the molecule is CCOc1ccc(C(CO)NC2CC2)cc1Cl. The number of halogens is 1. The van der Waals surface area contributed by atoms with Crippen molar-refractivity contribution in [1.29, 1.82) is 0 Å². The first kappa shape index (κ1) is 12.7.